The van der Waals surface area contributed by atoms with Crippen molar-refractivity contribution in [3.8, 4) is 0 Å². The van der Waals surface area contributed by atoms with Gasteiger partial charge in [-0.2, -0.15) is 0 Å². The standard InChI is InChI=1S/C19H23N5O3/c25-18(7-6-15-4-2-1-3-5-15)23-12-16(13-23)24-14-17(20-21-24)19(26)22-8-10-27-11-9-22/h1-5,14,16H,6-13H2. The van der Waals surface area contributed by atoms with Gasteiger partial charge in [0.2, 0.25) is 5.91 Å². The lowest BCUT2D eigenvalue weighted by atomic mass is 10.1. The van der Waals surface area contributed by atoms with Crippen LogP contribution in [0.15, 0.2) is 36.5 Å². The normalized spacial score (nSPS) is 17.6. The highest BCUT2D eigenvalue weighted by Crippen LogP contribution is 2.22. The molecule has 2 fully saturated rings. The molecule has 0 aliphatic carbocycles. The van der Waals surface area contributed by atoms with E-state index >= 15 is 0 Å². The Morgan fingerprint density at radius 2 is 1.81 bits per heavy atom. The Morgan fingerprint density at radius 3 is 2.56 bits per heavy atom. The Labute approximate surface area is 157 Å². The molecule has 0 bridgehead atoms. The van der Waals surface area contributed by atoms with E-state index in [0.29, 0.717) is 51.5 Å². The van der Waals surface area contributed by atoms with Gasteiger partial charge in [-0.05, 0) is 12.0 Å². The van der Waals surface area contributed by atoms with Crippen LogP contribution < -0.4 is 0 Å². The number of carbonyl (C=O) groups is 2. The number of benzene rings is 1. The Morgan fingerprint density at radius 1 is 1.07 bits per heavy atom. The Hall–Kier alpha value is -2.74. The fourth-order valence-electron chi connectivity index (χ4n) is 3.36. The molecule has 2 aliphatic heterocycles. The first-order valence-electron chi connectivity index (χ1n) is 9.31. The number of aromatic nitrogens is 3. The number of likely N-dealkylation sites (tertiary alicyclic amines) is 1. The second-order valence-corrected chi connectivity index (χ2v) is 6.93. The third kappa shape index (κ3) is 4.00. The zero-order chi connectivity index (χ0) is 18.6. The molecule has 2 saturated heterocycles. The van der Waals surface area contributed by atoms with Crippen molar-refractivity contribution in [2.24, 2.45) is 0 Å². The van der Waals surface area contributed by atoms with Crippen LogP contribution in [0.4, 0.5) is 0 Å². The van der Waals surface area contributed by atoms with Gasteiger partial charge in [-0.15, -0.1) is 5.10 Å². The summed E-state index contributed by atoms with van der Waals surface area (Å²) in [6, 6.07) is 10.1. The lowest BCUT2D eigenvalue weighted by Gasteiger charge is -2.39. The maximum Gasteiger partial charge on any atom is 0.276 e. The van der Waals surface area contributed by atoms with E-state index in [4.69, 9.17) is 4.74 Å². The Kier molecular flexibility index (Phi) is 5.15. The molecule has 1 aromatic carbocycles. The number of rotatable bonds is 5. The molecule has 3 heterocycles. The van der Waals surface area contributed by atoms with Crippen LogP contribution in [0, 0.1) is 0 Å². The molecule has 0 saturated carbocycles. The second-order valence-electron chi connectivity index (χ2n) is 6.93. The first-order valence-corrected chi connectivity index (χ1v) is 9.31. The highest BCUT2D eigenvalue weighted by molar-refractivity contribution is 5.92. The molecule has 2 aromatic rings. The van der Waals surface area contributed by atoms with E-state index in [1.807, 2.05) is 35.2 Å². The van der Waals surface area contributed by atoms with Crippen molar-refractivity contribution in [2.75, 3.05) is 39.4 Å². The summed E-state index contributed by atoms with van der Waals surface area (Å²) < 4.78 is 6.97. The molecule has 2 amide bonds. The minimum absolute atomic E-state index is 0.0874. The molecule has 0 spiro atoms. The fourth-order valence-corrected chi connectivity index (χ4v) is 3.36. The number of morpholine rings is 1. The van der Waals surface area contributed by atoms with E-state index < -0.39 is 0 Å². The van der Waals surface area contributed by atoms with Crippen molar-refractivity contribution in [1.82, 2.24) is 24.8 Å². The van der Waals surface area contributed by atoms with Gasteiger partial charge in [0.1, 0.15) is 0 Å². The van der Waals surface area contributed by atoms with Gasteiger partial charge in [-0.3, -0.25) is 9.59 Å². The monoisotopic (exact) mass is 369 g/mol. The second kappa shape index (κ2) is 7.87. The predicted octanol–water partition coefficient (Wildman–Crippen LogP) is 0.767. The van der Waals surface area contributed by atoms with Gasteiger partial charge in [0, 0.05) is 32.6 Å². The molecule has 1 aromatic heterocycles. The van der Waals surface area contributed by atoms with Gasteiger partial charge < -0.3 is 14.5 Å². The zero-order valence-electron chi connectivity index (χ0n) is 15.2. The molecular weight excluding hydrogens is 346 g/mol. The van der Waals surface area contributed by atoms with Crippen LogP contribution >= 0.6 is 0 Å². The van der Waals surface area contributed by atoms with Crippen LogP contribution in [0.2, 0.25) is 0 Å². The molecule has 8 nitrogen and oxygen atoms in total. The molecule has 0 radical (unpaired) electrons. The number of amides is 2. The fraction of sp³-hybridized carbons (Fsp3) is 0.474. The number of nitrogens with zero attached hydrogens (tertiary/aromatic N) is 5. The minimum atomic E-state index is -0.111. The maximum absolute atomic E-state index is 12.4. The molecule has 4 rings (SSSR count). The molecule has 0 unspecified atom stereocenters. The Balaban J connectivity index is 1.26. The van der Waals surface area contributed by atoms with Crippen molar-refractivity contribution < 1.29 is 14.3 Å². The quantitative estimate of drug-likeness (QED) is 0.778. The maximum atomic E-state index is 12.4. The van der Waals surface area contributed by atoms with Gasteiger partial charge in [-0.1, -0.05) is 35.5 Å². The van der Waals surface area contributed by atoms with Crippen molar-refractivity contribution in [3.05, 3.63) is 47.8 Å². The average Bonchev–Trinajstić information content (AvgIpc) is 3.16. The summed E-state index contributed by atoms with van der Waals surface area (Å²) in [6.07, 6.45) is 2.95. The number of hydrogen-bond donors (Lipinski definition) is 0. The molecule has 0 N–H and O–H groups in total. The summed E-state index contributed by atoms with van der Waals surface area (Å²) in [5.41, 5.74) is 1.52. The largest absolute Gasteiger partial charge is 0.378 e. The van der Waals surface area contributed by atoms with E-state index in [-0.39, 0.29) is 17.9 Å². The third-order valence-electron chi connectivity index (χ3n) is 5.09. The predicted molar refractivity (Wildman–Crippen MR) is 97.1 cm³/mol. The van der Waals surface area contributed by atoms with Crippen LogP contribution in [0.25, 0.3) is 0 Å². The van der Waals surface area contributed by atoms with Crippen LogP contribution in [0.3, 0.4) is 0 Å². The van der Waals surface area contributed by atoms with Gasteiger partial charge >= 0.3 is 0 Å². The lowest BCUT2D eigenvalue weighted by Crippen LogP contribution is -2.51. The van der Waals surface area contributed by atoms with E-state index in [1.165, 1.54) is 5.56 Å². The number of ether oxygens (including phenoxy) is 1. The molecule has 0 atom stereocenters. The Bertz CT molecular complexity index is 795. The van der Waals surface area contributed by atoms with E-state index in [0.717, 1.165) is 6.42 Å². The van der Waals surface area contributed by atoms with Gasteiger partial charge in [0.25, 0.3) is 5.91 Å². The summed E-state index contributed by atoms with van der Waals surface area (Å²) in [5.74, 6) is 0.0412. The summed E-state index contributed by atoms with van der Waals surface area (Å²) in [5, 5.41) is 8.11. The summed E-state index contributed by atoms with van der Waals surface area (Å²) in [7, 11) is 0. The first-order chi connectivity index (χ1) is 13.2. The van der Waals surface area contributed by atoms with Crippen molar-refractivity contribution >= 4 is 11.8 Å². The van der Waals surface area contributed by atoms with Crippen LogP contribution in [0.1, 0.15) is 28.5 Å². The first kappa shape index (κ1) is 17.7. The highest BCUT2D eigenvalue weighted by Gasteiger charge is 2.33. The average molecular weight is 369 g/mol. The zero-order valence-corrected chi connectivity index (χ0v) is 15.2. The van der Waals surface area contributed by atoms with Crippen molar-refractivity contribution in [3.63, 3.8) is 0 Å². The number of hydrogen-bond acceptors (Lipinski definition) is 5. The van der Waals surface area contributed by atoms with E-state index in [9.17, 15) is 9.59 Å². The van der Waals surface area contributed by atoms with Crippen LogP contribution in [0.5, 0.6) is 0 Å². The number of aryl methyl sites for hydroxylation is 1. The van der Waals surface area contributed by atoms with Gasteiger partial charge in [0.15, 0.2) is 5.69 Å². The highest BCUT2D eigenvalue weighted by atomic mass is 16.5. The molecule has 8 heteroatoms. The van der Waals surface area contributed by atoms with Crippen molar-refractivity contribution in [1.29, 1.82) is 0 Å². The van der Waals surface area contributed by atoms with Gasteiger partial charge in [0.05, 0.1) is 25.5 Å². The SMILES string of the molecule is O=C(CCc1ccccc1)N1CC(n2cc(C(=O)N3CCOCC3)nn2)C1. The third-order valence-corrected chi connectivity index (χ3v) is 5.09. The molecule has 142 valence electrons. The minimum Gasteiger partial charge on any atom is -0.378 e. The van der Waals surface area contributed by atoms with Crippen LogP contribution in [-0.2, 0) is 16.0 Å². The topological polar surface area (TPSA) is 80.6 Å². The summed E-state index contributed by atoms with van der Waals surface area (Å²) >= 11 is 0. The number of carbonyl (C=O) groups excluding carboxylic acids is 2. The van der Waals surface area contributed by atoms with Gasteiger partial charge in [-0.25, -0.2) is 4.68 Å². The lowest BCUT2D eigenvalue weighted by molar-refractivity contribution is -0.137. The van der Waals surface area contributed by atoms with Crippen molar-refractivity contribution in [2.45, 2.75) is 18.9 Å². The van der Waals surface area contributed by atoms with E-state index in [1.54, 1.807) is 15.8 Å². The molecular formula is C19H23N5O3. The van der Waals surface area contributed by atoms with E-state index in [2.05, 4.69) is 10.3 Å². The smallest absolute Gasteiger partial charge is 0.276 e. The molecule has 27 heavy (non-hydrogen) atoms. The van der Waals surface area contributed by atoms with Crippen LogP contribution in [-0.4, -0.2) is 76.0 Å². The summed E-state index contributed by atoms with van der Waals surface area (Å²) in [4.78, 5) is 28.3. The summed E-state index contributed by atoms with van der Waals surface area (Å²) in [6.45, 7) is 3.51. The molecule has 2 aliphatic rings.